The Morgan fingerprint density at radius 3 is 2.37 bits per heavy atom. The highest BCUT2D eigenvalue weighted by molar-refractivity contribution is 7.89. The van der Waals surface area contributed by atoms with Crippen LogP contribution >= 0.6 is 0 Å². The number of piperidine rings is 1. The van der Waals surface area contributed by atoms with E-state index in [4.69, 9.17) is 0 Å². The number of rotatable bonds is 5. The van der Waals surface area contributed by atoms with Crippen molar-refractivity contribution < 1.29 is 31.5 Å². The van der Waals surface area contributed by atoms with Gasteiger partial charge in [0.2, 0.25) is 15.9 Å². The number of hydrogen-bond donors (Lipinski definition) is 1. The molecule has 10 heteroatoms. The third kappa shape index (κ3) is 4.49. The largest absolute Gasteiger partial charge is 0.465 e. The van der Waals surface area contributed by atoms with E-state index in [9.17, 15) is 26.8 Å². The van der Waals surface area contributed by atoms with E-state index in [0.717, 1.165) is 12.1 Å². The molecule has 0 atom stereocenters. The van der Waals surface area contributed by atoms with Crippen LogP contribution in [0.4, 0.5) is 14.5 Å². The number of esters is 1. The Balaban J connectivity index is 1.68. The van der Waals surface area contributed by atoms with Crippen molar-refractivity contribution in [2.75, 3.05) is 25.5 Å². The van der Waals surface area contributed by atoms with Gasteiger partial charge in [0, 0.05) is 30.8 Å². The Morgan fingerprint density at radius 1 is 1.07 bits per heavy atom. The van der Waals surface area contributed by atoms with Crippen molar-refractivity contribution in [2.45, 2.75) is 17.7 Å². The Hall–Kier alpha value is -2.85. The number of nitrogens with zero attached hydrogens (tertiary/aromatic N) is 1. The average molecular weight is 438 g/mol. The third-order valence-electron chi connectivity index (χ3n) is 4.92. The number of nitrogens with one attached hydrogen (secondary N) is 1. The molecule has 1 amide bonds. The van der Waals surface area contributed by atoms with Gasteiger partial charge in [-0.1, -0.05) is 12.1 Å². The molecule has 160 valence electrons. The van der Waals surface area contributed by atoms with Gasteiger partial charge in [0.05, 0.1) is 17.6 Å². The van der Waals surface area contributed by atoms with Crippen molar-refractivity contribution in [2.24, 2.45) is 5.92 Å². The first-order valence-electron chi connectivity index (χ1n) is 9.17. The van der Waals surface area contributed by atoms with Crippen LogP contribution in [0.2, 0.25) is 0 Å². The molecule has 0 radical (unpaired) electrons. The summed E-state index contributed by atoms with van der Waals surface area (Å²) in [5, 5.41) is 2.52. The molecule has 2 aromatic carbocycles. The smallest absolute Gasteiger partial charge is 0.339 e. The number of anilines is 1. The first-order valence-corrected chi connectivity index (χ1v) is 10.6. The van der Waals surface area contributed by atoms with Gasteiger partial charge in [-0.2, -0.15) is 4.31 Å². The maximum Gasteiger partial charge on any atom is 0.339 e. The zero-order valence-electron chi connectivity index (χ0n) is 16.1. The molecule has 0 unspecified atom stereocenters. The number of sulfonamides is 1. The van der Waals surface area contributed by atoms with E-state index in [1.807, 2.05) is 0 Å². The Bertz CT molecular complexity index is 1070. The van der Waals surface area contributed by atoms with Crippen LogP contribution in [0.5, 0.6) is 0 Å². The highest BCUT2D eigenvalue weighted by Crippen LogP contribution is 2.27. The number of benzene rings is 2. The highest BCUT2D eigenvalue weighted by atomic mass is 32.2. The lowest BCUT2D eigenvalue weighted by Crippen LogP contribution is -2.41. The minimum atomic E-state index is -3.96. The van der Waals surface area contributed by atoms with Gasteiger partial charge in [-0.05, 0) is 37.1 Å². The molecule has 30 heavy (non-hydrogen) atoms. The van der Waals surface area contributed by atoms with E-state index in [1.54, 1.807) is 6.07 Å². The lowest BCUT2D eigenvalue weighted by molar-refractivity contribution is -0.120. The third-order valence-corrected chi connectivity index (χ3v) is 6.88. The van der Waals surface area contributed by atoms with Crippen molar-refractivity contribution in [3.63, 3.8) is 0 Å². The summed E-state index contributed by atoms with van der Waals surface area (Å²) in [6, 6.07) is 8.82. The van der Waals surface area contributed by atoms with Crippen LogP contribution < -0.4 is 5.32 Å². The molecule has 1 aliphatic rings. The van der Waals surface area contributed by atoms with Crippen molar-refractivity contribution in [1.82, 2.24) is 4.31 Å². The van der Waals surface area contributed by atoms with Crippen LogP contribution in [0, 0.1) is 17.6 Å². The normalized spacial score (nSPS) is 15.6. The highest BCUT2D eigenvalue weighted by Gasteiger charge is 2.34. The molecule has 1 heterocycles. The van der Waals surface area contributed by atoms with E-state index in [1.165, 1.54) is 35.7 Å². The van der Waals surface area contributed by atoms with Gasteiger partial charge in [-0.3, -0.25) is 4.79 Å². The minimum absolute atomic E-state index is 0.0572. The number of carbonyl (C=O) groups is 2. The van der Waals surface area contributed by atoms with Crippen molar-refractivity contribution in [3.05, 3.63) is 59.7 Å². The van der Waals surface area contributed by atoms with Crippen LogP contribution in [0.1, 0.15) is 23.2 Å². The Kier molecular flexibility index (Phi) is 6.47. The molecule has 0 spiro atoms. The molecule has 1 aliphatic heterocycles. The van der Waals surface area contributed by atoms with Crippen LogP contribution in [-0.2, 0) is 19.6 Å². The van der Waals surface area contributed by atoms with Crippen LogP contribution in [0.15, 0.2) is 47.4 Å². The average Bonchev–Trinajstić information content (AvgIpc) is 2.75. The predicted octanol–water partition coefficient (Wildman–Crippen LogP) is 2.79. The summed E-state index contributed by atoms with van der Waals surface area (Å²) in [4.78, 5) is 24.2. The predicted molar refractivity (Wildman–Crippen MR) is 104 cm³/mol. The first-order chi connectivity index (χ1) is 14.2. The van der Waals surface area contributed by atoms with Crippen molar-refractivity contribution >= 4 is 27.6 Å². The maximum atomic E-state index is 13.3. The SMILES string of the molecule is COC(=O)c1ccccc1S(=O)(=O)N1CCC(C(=O)Nc2ccc(F)c(F)c2)CC1. The lowest BCUT2D eigenvalue weighted by atomic mass is 9.97. The van der Waals surface area contributed by atoms with Gasteiger partial charge >= 0.3 is 5.97 Å². The number of halogens is 2. The summed E-state index contributed by atoms with van der Waals surface area (Å²) in [5.74, 6) is -3.72. The zero-order valence-corrected chi connectivity index (χ0v) is 16.9. The van der Waals surface area contributed by atoms with Crippen LogP contribution in [0.25, 0.3) is 0 Å². The van der Waals surface area contributed by atoms with Gasteiger partial charge < -0.3 is 10.1 Å². The molecule has 1 fully saturated rings. The summed E-state index contributed by atoms with van der Waals surface area (Å²) in [7, 11) is -2.79. The Labute approximate surface area is 172 Å². The minimum Gasteiger partial charge on any atom is -0.465 e. The molecule has 0 aliphatic carbocycles. The lowest BCUT2D eigenvalue weighted by Gasteiger charge is -2.31. The second-order valence-corrected chi connectivity index (χ2v) is 8.69. The number of amides is 1. The monoisotopic (exact) mass is 438 g/mol. The quantitative estimate of drug-likeness (QED) is 0.725. The standard InChI is InChI=1S/C20H20F2N2O5S/c1-29-20(26)15-4-2-3-5-18(15)30(27,28)24-10-8-13(9-11-24)19(25)23-14-6-7-16(21)17(22)12-14/h2-7,12-13H,8-11H2,1H3,(H,23,25). The number of carbonyl (C=O) groups excluding carboxylic acids is 2. The van der Waals surface area contributed by atoms with Gasteiger partial charge in [0.25, 0.3) is 0 Å². The first kappa shape index (κ1) is 21.8. The number of hydrogen-bond acceptors (Lipinski definition) is 5. The summed E-state index contributed by atoms with van der Waals surface area (Å²) < 4.78 is 58.2. The fourth-order valence-corrected chi connectivity index (χ4v) is 4.94. The molecule has 1 N–H and O–H groups in total. The van der Waals surface area contributed by atoms with E-state index in [-0.39, 0.29) is 42.1 Å². The second kappa shape index (κ2) is 8.88. The molecule has 1 saturated heterocycles. The molecule has 0 bridgehead atoms. The summed E-state index contributed by atoms with van der Waals surface area (Å²) in [6.07, 6.45) is 0.490. The van der Waals surface area contributed by atoms with Gasteiger partial charge in [-0.15, -0.1) is 0 Å². The van der Waals surface area contributed by atoms with Gasteiger partial charge in [0.15, 0.2) is 11.6 Å². The molecule has 0 aromatic heterocycles. The maximum absolute atomic E-state index is 13.3. The summed E-state index contributed by atoms with van der Waals surface area (Å²) in [5.41, 5.74) is 0.0687. The second-order valence-electron chi connectivity index (χ2n) is 6.78. The fraction of sp³-hybridized carbons (Fsp3) is 0.300. The zero-order chi connectivity index (χ0) is 21.9. The van der Waals surface area contributed by atoms with Gasteiger partial charge in [0.1, 0.15) is 0 Å². The van der Waals surface area contributed by atoms with Gasteiger partial charge in [-0.25, -0.2) is 22.0 Å². The van der Waals surface area contributed by atoms with E-state index >= 15 is 0 Å². The topological polar surface area (TPSA) is 92.8 Å². The molecule has 7 nitrogen and oxygen atoms in total. The molecule has 0 saturated carbocycles. The molecule has 3 rings (SSSR count). The molecular formula is C20H20F2N2O5S. The van der Waals surface area contributed by atoms with Crippen LogP contribution in [0.3, 0.4) is 0 Å². The number of methoxy groups -OCH3 is 1. The van der Waals surface area contributed by atoms with E-state index in [0.29, 0.717) is 0 Å². The molecular weight excluding hydrogens is 418 g/mol. The summed E-state index contributed by atoms with van der Waals surface area (Å²) in [6.45, 7) is 0.154. The number of ether oxygens (including phenoxy) is 1. The Morgan fingerprint density at radius 2 is 1.73 bits per heavy atom. The summed E-state index contributed by atoms with van der Waals surface area (Å²) >= 11 is 0. The van der Waals surface area contributed by atoms with Crippen molar-refractivity contribution in [3.8, 4) is 0 Å². The van der Waals surface area contributed by atoms with E-state index in [2.05, 4.69) is 10.1 Å². The van der Waals surface area contributed by atoms with E-state index < -0.39 is 39.5 Å². The van der Waals surface area contributed by atoms with Crippen LogP contribution in [-0.4, -0.2) is 44.8 Å². The molecule has 2 aromatic rings. The van der Waals surface area contributed by atoms with Crippen molar-refractivity contribution in [1.29, 1.82) is 0 Å². The fourth-order valence-electron chi connectivity index (χ4n) is 3.29.